The number of rotatable bonds is 3. The van der Waals surface area contributed by atoms with Crippen molar-refractivity contribution in [3.05, 3.63) is 124 Å². The second kappa shape index (κ2) is 22.5. The number of nitrogens with one attached hydrogen (secondary N) is 3. The van der Waals surface area contributed by atoms with E-state index in [0.29, 0.717) is 33.5 Å². The number of carboxylic acids is 1. The van der Waals surface area contributed by atoms with Crippen LogP contribution in [0.1, 0.15) is 41.2 Å². The second-order valence-electron chi connectivity index (χ2n) is 16.3. The van der Waals surface area contributed by atoms with E-state index in [1.54, 1.807) is 6.92 Å². The third-order valence-corrected chi connectivity index (χ3v) is 13.5. The Kier molecular flexibility index (Phi) is 15.5. The smallest absolute Gasteiger partial charge is 0.320 e. The van der Waals surface area contributed by atoms with E-state index in [1.807, 2.05) is 0 Å². The molecule has 4 unspecified atom stereocenters. The topological polar surface area (TPSA) is 263 Å². The number of fused-ring (bicyclic) bond motifs is 8. The zero-order chi connectivity index (χ0) is 57.1. The van der Waals surface area contributed by atoms with Crippen molar-refractivity contribution >= 4 is 163 Å². The summed E-state index contributed by atoms with van der Waals surface area (Å²) in [6.07, 6.45) is -1.24. The fraction of sp³-hybridized carbons (Fsp3) is 0.277. The van der Waals surface area contributed by atoms with Crippen molar-refractivity contribution in [2.75, 3.05) is 40.1 Å². The molecule has 4 fully saturated rings. The Hall–Kier alpha value is -4.90. The number of hydrogen-bond acceptors (Lipinski definition) is 13. The van der Waals surface area contributed by atoms with Crippen molar-refractivity contribution in [3.8, 4) is 0 Å². The summed E-state index contributed by atoms with van der Waals surface area (Å²) >= 11 is 47.8. The number of carbonyl (C=O) groups is 8. The lowest BCUT2D eigenvalue weighted by molar-refractivity contribution is -0.139. The number of carboxylic acid groups (broad SMARTS) is 1. The van der Waals surface area contributed by atoms with Crippen molar-refractivity contribution in [2.24, 2.45) is 11.8 Å². The van der Waals surface area contributed by atoms with Crippen LogP contribution in [-0.4, -0.2) is 117 Å². The number of anilines is 4. The number of ketones is 1. The molecule has 0 saturated carbocycles. The molecule has 1 spiro atoms. The number of aliphatic hydroxyl groups is 3. The number of β-amino-alcohol motifs (C(OH)–C–C–N with tert-alkyl or cyclic N) is 1. The third-order valence-electron chi connectivity index (χ3n) is 11.6. The van der Waals surface area contributed by atoms with Gasteiger partial charge in [-0.15, -0.1) is 0 Å². The molecule has 384 valence electrons. The summed E-state index contributed by atoms with van der Waals surface area (Å²) < 4.78 is 33.5. The van der Waals surface area contributed by atoms with Crippen LogP contribution in [0.5, 0.6) is 0 Å². The average Bonchev–Trinajstić information content (AvgIpc) is 3.40. The number of benzene rings is 4. The summed E-state index contributed by atoms with van der Waals surface area (Å²) in [6, 6.07) is 11.0. The van der Waals surface area contributed by atoms with Crippen molar-refractivity contribution in [1.29, 1.82) is 0 Å². The van der Waals surface area contributed by atoms with Crippen LogP contribution in [0.25, 0.3) is 0 Å². The van der Waals surface area contributed by atoms with Gasteiger partial charge < -0.3 is 36.4 Å². The lowest BCUT2D eigenvalue weighted by Gasteiger charge is -2.36. The minimum atomic E-state index is -2.65. The molecule has 0 aromatic heterocycles. The Morgan fingerprint density at radius 2 is 1.21 bits per heavy atom. The van der Waals surface area contributed by atoms with Crippen molar-refractivity contribution < 1.29 is 64.3 Å². The zero-order valence-electron chi connectivity index (χ0n) is 41.0. The van der Waals surface area contributed by atoms with Crippen molar-refractivity contribution in [1.82, 2.24) is 10.2 Å². The van der Waals surface area contributed by atoms with Gasteiger partial charge in [0.1, 0.15) is 11.6 Å². The van der Waals surface area contributed by atoms with Gasteiger partial charge in [-0.1, -0.05) is 92.8 Å². The average molecular weight is 1170 g/mol. The molecule has 0 radical (unpaired) electrons. The fourth-order valence-electron chi connectivity index (χ4n) is 8.85. The third kappa shape index (κ3) is 11.0. The van der Waals surface area contributed by atoms with Gasteiger partial charge in [0.15, 0.2) is 0 Å². The minimum absolute atomic E-state index is 0.0202. The largest absolute Gasteiger partial charge is 0.480 e. The lowest BCUT2D eigenvalue weighted by Crippen LogP contribution is -2.54. The molecule has 7 aliphatic heterocycles. The zero-order valence-corrected chi connectivity index (χ0v) is 43.1. The molecule has 0 bridgehead atoms. The van der Waals surface area contributed by atoms with E-state index in [9.17, 15) is 46.2 Å². The molecular formula is C47H38Cl8N6O12. The van der Waals surface area contributed by atoms with E-state index < -0.39 is 101 Å². The maximum Gasteiger partial charge on any atom is 0.320 e. The Bertz CT molecular complexity index is 3210. The molecule has 26 heteroatoms. The summed E-state index contributed by atoms with van der Waals surface area (Å²) in [5.41, 5.74) is -1.18. The van der Waals surface area contributed by atoms with Crippen molar-refractivity contribution in [2.45, 2.75) is 49.6 Å². The molecule has 4 aromatic carbocycles. The Balaban J connectivity index is 0.000000169. The highest BCUT2D eigenvalue weighted by atomic mass is 35.5. The number of hydrogen-bond donors (Lipinski definition) is 7. The molecule has 18 nitrogen and oxygen atoms in total. The maximum atomic E-state index is 14.1. The van der Waals surface area contributed by atoms with E-state index in [2.05, 4.69) is 16.0 Å². The first-order valence-corrected chi connectivity index (χ1v) is 24.3. The van der Waals surface area contributed by atoms with Crippen LogP contribution < -0.4 is 25.8 Å². The number of imide groups is 2. The Morgan fingerprint density at radius 3 is 1.71 bits per heavy atom. The van der Waals surface area contributed by atoms with Crippen LogP contribution in [0.2, 0.25) is 40.2 Å². The van der Waals surface area contributed by atoms with Gasteiger partial charge in [0.25, 0.3) is 29.4 Å². The van der Waals surface area contributed by atoms with Gasteiger partial charge in [0, 0.05) is 82.7 Å². The van der Waals surface area contributed by atoms with E-state index >= 15 is 0 Å². The van der Waals surface area contributed by atoms with Gasteiger partial charge in [0.2, 0.25) is 11.8 Å². The van der Waals surface area contributed by atoms with E-state index in [1.165, 1.54) is 65.6 Å². The number of halogens is 8. The number of Topliss-reactive ketones (excluding diaryl/α,β-unsaturated/α-hetero) is 1. The number of nitrogens with zero attached hydrogens (tertiary/aromatic N) is 3. The van der Waals surface area contributed by atoms with Crippen LogP contribution in [0.3, 0.4) is 0 Å². The van der Waals surface area contributed by atoms with Gasteiger partial charge >= 0.3 is 5.97 Å². The highest BCUT2D eigenvalue weighted by Gasteiger charge is 2.75. The predicted molar refractivity (Wildman–Crippen MR) is 274 cm³/mol. The molecule has 11 rings (SSSR count). The summed E-state index contributed by atoms with van der Waals surface area (Å²) in [7, 11) is 0. The van der Waals surface area contributed by atoms with Crippen molar-refractivity contribution in [3.63, 3.8) is 0 Å². The standard InChI is InChI=1S/C22H15Cl4N3O4.C10H5Cl2NO2.C8H3Cl2NO2.C5H9NO3.C2H6O/c23-8-1-9(24)3-11(2-8)29-19(31)16-15-6-12(30)7-28(15)22(17(16)20(29)32)13-4-10(25)5-14(26)18(13)27-21(22)33;11-6-3-7(12)5-8(4-6)13-9(14)1-2-10(13)15;9-3-1-4-6(5(10)2-3)11-8(13)7(4)12;7-3-1-4(5(8)9)6-2-3;1-2-3/h1-5,12,15-17,30H,6-7H2,(H,27,33);1-5H;1-2H,(H,11,12,13);3-4,6-7H,1-2H2,(H,8,9);3H,2H2,1H3/t12-,15?,16?,17?,22?;;;3-,4-;/m0..0./s1/i16D,17D;1D,2D;;;. The lowest BCUT2D eigenvalue weighted by atomic mass is 9.75. The number of aliphatic carboxylic acids is 1. The Morgan fingerprint density at radius 1 is 0.699 bits per heavy atom. The summed E-state index contributed by atoms with van der Waals surface area (Å²) in [6.45, 7) is 2.20. The molecule has 4 saturated heterocycles. The van der Waals surface area contributed by atoms with Gasteiger partial charge in [-0.05, 0) is 74.0 Å². The predicted octanol–water partition coefficient (Wildman–Crippen LogP) is 7.05. The molecular weight excluding hydrogens is 1120 g/mol. The number of carbonyl (C=O) groups excluding carboxylic acids is 7. The molecule has 73 heavy (non-hydrogen) atoms. The number of aliphatic hydroxyl groups excluding tert-OH is 3. The quantitative estimate of drug-likeness (QED) is 0.0802. The highest BCUT2D eigenvalue weighted by molar-refractivity contribution is 6.54. The van der Waals surface area contributed by atoms with E-state index in [0.717, 1.165) is 0 Å². The van der Waals surface area contributed by atoms with Gasteiger partial charge in [-0.2, -0.15) is 0 Å². The van der Waals surface area contributed by atoms with Crippen LogP contribution in [0, 0.1) is 11.8 Å². The molecule has 7 heterocycles. The molecule has 0 aliphatic carbocycles. The SMILES string of the molecule is CCO.O=C(O)[C@@H]1C[C@H](O)CN1.O=C1Nc2c(Cl)cc(Cl)cc2C1=O.[2H]C12C(=O)N(c3cc(Cl)cc(Cl)c3)C(=O)C1([2H])C1(C(=O)Nc3c(Cl)cc(Cl)cc31)N1C[C@@H](O)CC12.[2H]C1=C([2H])C(=O)N(c2cc(Cl)cc(Cl)c2)C1=O. The summed E-state index contributed by atoms with van der Waals surface area (Å²) in [5.74, 6) is -11.8. The van der Waals surface area contributed by atoms with E-state index in [-0.39, 0.29) is 82.9 Å². The van der Waals surface area contributed by atoms with Gasteiger partial charge in [0.05, 0.1) is 65.1 Å². The summed E-state index contributed by atoms with van der Waals surface area (Å²) in [5, 5.41) is 44.6. The Labute approximate surface area is 460 Å². The van der Waals surface area contributed by atoms with Crippen LogP contribution in [-0.2, 0) is 39.1 Å². The van der Waals surface area contributed by atoms with Crippen LogP contribution >= 0.6 is 92.8 Å². The molecule has 4 aromatic rings. The molecule has 7 N–H and O–H groups in total. The van der Waals surface area contributed by atoms with Gasteiger partial charge in [-0.25, -0.2) is 9.80 Å². The molecule has 7 atom stereocenters. The highest BCUT2D eigenvalue weighted by Crippen LogP contribution is 2.62. The first-order chi connectivity index (χ1) is 36.0. The first kappa shape index (κ1) is 50.3. The molecule has 6 amide bonds. The monoisotopic (exact) mass is 1160 g/mol. The minimum Gasteiger partial charge on any atom is -0.480 e. The van der Waals surface area contributed by atoms with E-state index in [4.69, 9.17) is 111 Å². The number of amides is 6. The normalized spacial score (nSPS) is 28.0. The maximum absolute atomic E-state index is 14.1. The van der Waals surface area contributed by atoms with Crippen LogP contribution in [0.15, 0.2) is 72.8 Å². The second-order valence-corrected chi connectivity index (χ2v) is 19.7. The fourth-order valence-corrected chi connectivity index (χ4v) is 11.0. The molecule has 7 aliphatic rings. The van der Waals surface area contributed by atoms with Crippen LogP contribution in [0.4, 0.5) is 22.7 Å². The first-order valence-electron chi connectivity index (χ1n) is 23.2. The summed E-state index contributed by atoms with van der Waals surface area (Å²) in [4.78, 5) is 100. The van der Waals surface area contributed by atoms with Gasteiger partial charge in [-0.3, -0.25) is 43.3 Å².